The Balaban J connectivity index is 1.43. The lowest BCUT2D eigenvalue weighted by Gasteiger charge is -2.16. The van der Waals surface area contributed by atoms with Crippen LogP contribution in [0.25, 0.3) is 11.3 Å². The zero-order valence-electron chi connectivity index (χ0n) is 13.9. The van der Waals surface area contributed by atoms with E-state index >= 15 is 0 Å². The summed E-state index contributed by atoms with van der Waals surface area (Å²) >= 11 is 0. The van der Waals surface area contributed by atoms with Crippen LogP contribution in [0.5, 0.6) is 0 Å². The van der Waals surface area contributed by atoms with E-state index in [1.54, 1.807) is 4.90 Å². The number of benzene rings is 2. The van der Waals surface area contributed by atoms with Gasteiger partial charge in [-0.3, -0.25) is 4.79 Å². The smallest absolute Gasteiger partial charge is 0.227 e. The van der Waals surface area contributed by atoms with E-state index in [1.807, 2.05) is 24.3 Å². The van der Waals surface area contributed by atoms with Gasteiger partial charge in [-0.2, -0.15) is 0 Å². The van der Waals surface area contributed by atoms with Gasteiger partial charge in [-0.25, -0.2) is 13.8 Å². The van der Waals surface area contributed by atoms with Gasteiger partial charge in [0.05, 0.1) is 11.8 Å². The van der Waals surface area contributed by atoms with Crippen LogP contribution in [0.1, 0.15) is 17.9 Å². The number of carbonyl (C=O) groups excluding carboxylic acids is 1. The number of halogens is 2. The zero-order chi connectivity index (χ0) is 18.1. The Morgan fingerprint density at radius 3 is 2.88 bits per heavy atom. The maximum Gasteiger partial charge on any atom is 0.227 e. The molecule has 0 fully saturated rings. The van der Waals surface area contributed by atoms with Gasteiger partial charge in [0.25, 0.3) is 0 Å². The number of hydrogen-bond donors (Lipinski definition) is 0. The molecule has 4 nitrogen and oxygen atoms in total. The van der Waals surface area contributed by atoms with Gasteiger partial charge in [0.1, 0.15) is 11.6 Å². The molecule has 0 N–H and O–H groups in total. The van der Waals surface area contributed by atoms with Crippen molar-refractivity contribution in [1.82, 2.24) is 4.98 Å². The van der Waals surface area contributed by atoms with Gasteiger partial charge in [0.15, 0.2) is 11.7 Å². The molecule has 0 bridgehead atoms. The Hall–Kier alpha value is -3.02. The highest BCUT2D eigenvalue weighted by Crippen LogP contribution is 2.28. The summed E-state index contributed by atoms with van der Waals surface area (Å²) in [6, 6.07) is 11.1. The first-order chi connectivity index (χ1) is 12.6. The van der Waals surface area contributed by atoms with Crippen LogP contribution in [0.4, 0.5) is 14.5 Å². The topological polar surface area (TPSA) is 46.3 Å². The van der Waals surface area contributed by atoms with Crippen molar-refractivity contribution in [3.05, 3.63) is 71.8 Å². The summed E-state index contributed by atoms with van der Waals surface area (Å²) in [5.41, 5.74) is 2.27. The standard InChI is InChI=1S/C20H16F2N2O2/c21-14-5-6-15(16(22)11-14)18-12-23-19(26-18)7-8-20(25)24-10-9-13-3-1-2-4-17(13)24/h1-6,11-12H,7-10H2. The lowest BCUT2D eigenvalue weighted by molar-refractivity contribution is -0.118. The first-order valence-corrected chi connectivity index (χ1v) is 8.40. The van der Waals surface area contributed by atoms with Crippen LogP contribution in [-0.2, 0) is 17.6 Å². The van der Waals surface area contributed by atoms with Gasteiger partial charge >= 0.3 is 0 Å². The van der Waals surface area contributed by atoms with Crippen LogP contribution >= 0.6 is 0 Å². The Labute approximate surface area is 149 Å². The molecular formula is C20H16F2N2O2. The van der Waals surface area contributed by atoms with E-state index in [2.05, 4.69) is 4.98 Å². The summed E-state index contributed by atoms with van der Waals surface area (Å²) in [5, 5.41) is 0. The average Bonchev–Trinajstić information content (AvgIpc) is 3.27. The number of amides is 1. The minimum Gasteiger partial charge on any atom is -0.441 e. The maximum atomic E-state index is 13.8. The lowest BCUT2D eigenvalue weighted by atomic mass is 10.2. The van der Waals surface area contributed by atoms with Gasteiger partial charge in [0.2, 0.25) is 5.91 Å². The minimum absolute atomic E-state index is 0.00247. The number of hydrogen-bond acceptors (Lipinski definition) is 3. The van der Waals surface area contributed by atoms with Gasteiger partial charge in [0, 0.05) is 31.1 Å². The average molecular weight is 354 g/mol. The van der Waals surface area contributed by atoms with E-state index in [-0.39, 0.29) is 23.7 Å². The summed E-state index contributed by atoms with van der Waals surface area (Å²) in [6.07, 6.45) is 2.82. The van der Waals surface area contributed by atoms with Gasteiger partial charge in [-0.1, -0.05) is 18.2 Å². The molecule has 0 atom stereocenters. The number of aromatic nitrogens is 1. The SMILES string of the molecule is O=C(CCc1ncc(-c2ccc(F)cc2F)o1)N1CCc2ccccc21. The molecule has 132 valence electrons. The molecule has 6 heteroatoms. The molecule has 0 spiro atoms. The molecule has 26 heavy (non-hydrogen) atoms. The van der Waals surface area contributed by atoms with Gasteiger partial charge in [-0.15, -0.1) is 0 Å². The van der Waals surface area contributed by atoms with Crippen LogP contribution < -0.4 is 4.90 Å². The van der Waals surface area contributed by atoms with Crippen molar-refractivity contribution in [2.75, 3.05) is 11.4 Å². The third-order valence-electron chi connectivity index (χ3n) is 4.49. The van der Waals surface area contributed by atoms with Crippen molar-refractivity contribution in [1.29, 1.82) is 0 Å². The molecule has 0 saturated carbocycles. The summed E-state index contributed by atoms with van der Waals surface area (Å²) < 4.78 is 32.3. The van der Waals surface area contributed by atoms with Crippen molar-refractivity contribution in [2.24, 2.45) is 0 Å². The fourth-order valence-electron chi connectivity index (χ4n) is 3.19. The summed E-state index contributed by atoms with van der Waals surface area (Å²) in [5.74, 6) is -0.788. The Kier molecular flexibility index (Phi) is 4.24. The molecule has 0 unspecified atom stereocenters. The van der Waals surface area contributed by atoms with Crippen molar-refractivity contribution in [3.8, 4) is 11.3 Å². The molecule has 1 aliphatic heterocycles. The normalized spacial score (nSPS) is 13.1. The van der Waals surface area contributed by atoms with E-state index in [9.17, 15) is 13.6 Å². The molecule has 1 aromatic heterocycles. The minimum atomic E-state index is -0.711. The third-order valence-corrected chi connectivity index (χ3v) is 4.49. The predicted molar refractivity (Wildman–Crippen MR) is 92.7 cm³/mol. The number of rotatable bonds is 4. The second kappa shape index (κ2) is 6.71. The van der Waals surface area contributed by atoms with Crippen molar-refractivity contribution in [2.45, 2.75) is 19.3 Å². The summed E-state index contributed by atoms with van der Waals surface area (Å²) in [7, 11) is 0. The van der Waals surface area contributed by atoms with Crippen LogP contribution in [0, 0.1) is 11.6 Å². The number of aryl methyl sites for hydroxylation is 1. The lowest BCUT2D eigenvalue weighted by Crippen LogP contribution is -2.29. The largest absolute Gasteiger partial charge is 0.441 e. The van der Waals surface area contributed by atoms with Crippen LogP contribution in [-0.4, -0.2) is 17.4 Å². The quantitative estimate of drug-likeness (QED) is 0.707. The van der Waals surface area contributed by atoms with E-state index < -0.39 is 11.6 Å². The Morgan fingerprint density at radius 2 is 2.04 bits per heavy atom. The molecule has 0 aliphatic carbocycles. The van der Waals surface area contributed by atoms with E-state index in [0.29, 0.717) is 18.9 Å². The molecular weight excluding hydrogens is 338 g/mol. The summed E-state index contributed by atoms with van der Waals surface area (Å²) in [6.45, 7) is 0.676. The number of fused-ring (bicyclic) bond motifs is 1. The monoisotopic (exact) mass is 354 g/mol. The van der Waals surface area contributed by atoms with Crippen LogP contribution in [0.15, 0.2) is 53.1 Å². The molecule has 3 aromatic rings. The van der Waals surface area contributed by atoms with E-state index in [4.69, 9.17) is 4.42 Å². The number of anilines is 1. The number of oxazole rings is 1. The molecule has 4 rings (SSSR count). The first-order valence-electron chi connectivity index (χ1n) is 8.40. The van der Waals surface area contributed by atoms with Crippen LogP contribution in [0.2, 0.25) is 0 Å². The van der Waals surface area contributed by atoms with Crippen molar-refractivity contribution >= 4 is 11.6 Å². The van der Waals surface area contributed by atoms with Crippen molar-refractivity contribution in [3.63, 3.8) is 0 Å². The fourth-order valence-corrected chi connectivity index (χ4v) is 3.19. The van der Waals surface area contributed by atoms with Gasteiger partial charge in [-0.05, 0) is 30.2 Å². The van der Waals surface area contributed by atoms with Gasteiger partial charge < -0.3 is 9.32 Å². The first kappa shape index (κ1) is 16.4. The highest BCUT2D eigenvalue weighted by molar-refractivity contribution is 5.95. The van der Waals surface area contributed by atoms with Crippen molar-refractivity contribution < 1.29 is 18.0 Å². The molecule has 2 heterocycles. The Morgan fingerprint density at radius 1 is 1.19 bits per heavy atom. The van der Waals surface area contributed by atoms with E-state index in [1.165, 1.54) is 17.8 Å². The highest BCUT2D eigenvalue weighted by Gasteiger charge is 2.24. The second-order valence-electron chi connectivity index (χ2n) is 6.17. The molecule has 0 saturated heterocycles. The predicted octanol–water partition coefficient (Wildman–Crippen LogP) is 4.14. The fraction of sp³-hybridized carbons (Fsp3) is 0.200. The highest BCUT2D eigenvalue weighted by atomic mass is 19.1. The van der Waals surface area contributed by atoms with Crippen LogP contribution in [0.3, 0.4) is 0 Å². The number of carbonyl (C=O) groups is 1. The molecule has 2 aromatic carbocycles. The third kappa shape index (κ3) is 3.10. The maximum absolute atomic E-state index is 13.8. The zero-order valence-corrected chi connectivity index (χ0v) is 13.9. The molecule has 1 amide bonds. The molecule has 0 radical (unpaired) electrons. The number of para-hydroxylation sites is 1. The second-order valence-corrected chi connectivity index (χ2v) is 6.17. The summed E-state index contributed by atoms with van der Waals surface area (Å²) in [4.78, 5) is 18.4. The van der Waals surface area contributed by atoms with E-state index in [0.717, 1.165) is 24.2 Å². The number of nitrogens with zero attached hydrogens (tertiary/aromatic N) is 2. The Bertz CT molecular complexity index is 968. The molecule has 1 aliphatic rings.